The summed E-state index contributed by atoms with van der Waals surface area (Å²) >= 11 is 0. The van der Waals surface area contributed by atoms with Crippen LogP contribution in [-0.4, -0.2) is 33.2 Å². The van der Waals surface area contributed by atoms with Gasteiger partial charge in [0.2, 0.25) is 0 Å². The molecule has 0 saturated heterocycles. The number of ether oxygens (including phenoxy) is 1. The largest absolute Gasteiger partial charge is 0.497 e. The number of aromatic nitrogens is 4. The number of tetrazole rings is 1. The smallest absolute Gasteiger partial charge is 0.255 e. The van der Waals surface area contributed by atoms with Crippen molar-refractivity contribution < 1.29 is 9.53 Å². The molecule has 0 aliphatic carbocycles. The summed E-state index contributed by atoms with van der Waals surface area (Å²) in [7, 11) is 1.60. The van der Waals surface area contributed by atoms with Crippen LogP contribution in [0.1, 0.15) is 10.4 Å². The number of methoxy groups -OCH3 is 1. The average Bonchev–Trinajstić information content (AvgIpc) is 3.10. The predicted octanol–water partition coefficient (Wildman–Crippen LogP) is 1.92. The van der Waals surface area contributed by atoms with Crippen LogP contribution in [0.2, 0.25) is 0 Å². The van der Waals surface area contributed by atoms with Crippen molar-refractivity contribution >= 4 is 11.6 Å². The van der Waals surface area contributed by atoms with Crippen LogP contribution < -0.4 is 10.1 Å². The summed E-state index contributed by atoms with van der Waals surface area (Å²) in [6.07, 6.45) is 1.49. The summed E-state index contributed by atoms with van der Waals surface area (Å²) in [5.74, 6) is 0.553. The fourth-order valence-corrected chi connectivity index (χ4v) is 1.92. The molecule has 0 spiro atoms. The molecule has 0 fully saturated rings. The molecule has 0 saturated carbocycles. The van der Waals surface area contributed by atoms with Crippen molar-refractivity contribution in [3.8, 4) is 11.4 Å². The van der Waals surface area contributed by atoms with Crippen LogP contribution in [0.4, 0.5) is 5.69 Å². The van der Waals surface area contributed by atoms with E-state index in [9.17, 15) is 4.79 Å². The van der Waals surface area contributed by atoms with Crippen LogP contribution >= 0.6 is 0 Å². The van der Waals surface area contributed by atoms with Crippen molar-refractivity contribution in [2.75, 3.05) is 12.4 Å². The van der Waals surface area contributed by atoms with E-state index in [-0.39, 0.29) is 5.91 Å². The number of amides is 1. The predicted molar refractivity (Wildman–Crippen MR) is 80.1 cm³/mol. The van der Waals surface area contributed by atoms with Crippen molar-refractivity contribution in [3.63, 3.8) is 0 Å². The Hall–Kier alpha value is -3.22. The maximum Gasteiger partial charge on any atom is 0.255 e. The summed E-state index contributed by atoms with van der Waals surface area (Å²) < 4.78 is 6.60. The van der Waals surface area contributed by atoms with Gasteiger partial charge in [0.15, 0.2) is 0 Å². The van der Waals surface area contributed by atoms with Gasteiger partial charge in [0.05, 0.1) is 12.8 Å². The second-order valence-corrected chi connectivity index (χ2v) is 4.48. The van der Waals surface area contributed by atoms with Gasteiger partial charge in [-0.05, 0) is 59.0 Å². The Bertz CT molecular complexity index is 752. The molecule has 7 heteroatoms. The van der Waals surface area contributed by atoms with E-state index in [0.29, 0.717) is 11.3 Å². The van der Waals surface area contributed by atoms with E-state index in [1.54, 1.807) is 55.6 Å². The third-order valence-electron chi connectivity index (χ3n) is 3.09. The number of benzene rings is 2. The van der Waals surface area contributed by atoms with Crippen molar-refractivity contribution in [3.05, 3.63) is 60.4 Å². The summed E-state index contributed by atoms with van der Waals surface area (Å²) in [4.78, 5) is 12.2. The van der Waals surface area contributed by atoms with Gasteiger partial charge >= 0.3 is 0 Å². The van der Waals surface area contributed by atoms with Gasteiger partial charge < -0.3 is 10.1 Å². The fourth-order valence-electron chi connectivity index (χ4n) is 1.92. The standard InChI is InChI=1S/C15H13N5O2/c1-22-14-8-4-12(5-9-14)17-15(21)11-2-6-13(7-3-11)20-10-16-18-19-20/h2-10H,1H3,(H,17,21). The molecular weight excluding hydrogens is 282 g/mol. The minimum Gasteiger partial charge on any atom is -0.497 e. The molecule has 2 aromatic carbocycles. The van der Waals surface area contributed by atoms with Gasteiger partial charge in [0.1, 0.15) is 12.1 Å². The summed E-state index contributed by atoms with van der Waals surface area (Å²) in [6.45, 7) is 0. The van der Waals surface area contributed by atoms with Crippen LogP contribution in [-0.2, 0) is 0 Å². The Morgan fingerprint density at radius 1 is 1.09 bits per heavy atom. The molecule has 3 rings (SSSR count). The molecule has 110 valence electrons. The van der Waals surface area contributed by atoms with Crippen molar-refractivity contribution in [2.45, 2.75) is 0 Å². The number of nitrogens with one attached hydrogen (secondary N) is 1. The van der Waals surface area contributed by atoms with E-state index in [2.05, 4.69) is 20.8 Å². The lowest BCUT2D eigenvalue weighted by Crippen LogP contribution is -2.11. The van der Waals surface area contributed by atoms with Crippen LogP contribution in [0, 0.1) is 0 Å². The zero-order valence-corrected chi connectivity index (χ0v) is 11.8. The number of carbonyl (C=O) groups is 1. The molecule has 0 radical (unpaired) electrons. The zero-order chi connectivity index (χ0) is 15.4. The quantitative estimate of drug-likeness (QED) is 0.795. The molecule has 1 N–H and O–H groups in total. The molecule has 0 bridgehead atoms. The van der Waals surface area contributed by atoms with Crippen molar-refractivity contribution in [2.24, 2.45) is 0 Å². The normalized spacial score (nSPS) is 10.2. The lowest BCUT2D eigenvalue weighted by atomic mass is 10.2. The first-order valence-electron chi connectivity index (χ1n) is 6.55. The highest BCUT2D eigenvalue weighted by atomic mass is 16.5. The van der Waals surface area contributed by atoms with E-state index in [0.717, 1.165) is 11.4 Å². The molecule has 0 unspecified atom stereocenters. The minimum absolute atomic E-state index is 0.187. The molecular formula is C15H13N5O2. The molecule has 22 heavy (non-hydrogen) atoms. The Morgan fingerprint density at radius 2 is 1.82 bits per heavy atom. The van der Waals surface area contributed by atoms with E-state index in [1.807, 2.05) is 0 Å². The first-order chi connectivity index (χ1) is 10.8. The van der Waals surface area contributed by atoms with Gasteiger partial charge in [-0.25, -0.2) is 4.68 Å². The molecule has 7 nitrogen and oxygen atoms in total. The second kappa shape index (κ2) is 6.04. The molecule has 1 amide bonds. The lowest BCUT2D eigenvalue weighted by molar-refractivity contribution is 0.102. The zero-order valence-electron chi connectivity index (χ0n) is 11.8. The van der Waals surface area contributed by atoms with E-state index in [4.69, 9.17) is 4.74 Å². The van der Waals surface area contributed by atoms with Gasteiger partial charge in [-0.3, -0.25) is 4.79 Å². The van der Waals surface area contributed by atoms with E-state index < -0.39 is 0 Å². The van der Waals surface area contributed by atoms with E-state index in [1.165, 1.54) is 11.0 Å². The first-order valence-corrected chi connectivity index (χ1v) is 6.55. The van der Waals surface area contributed by atoms with E-state index >= 15 is 0 Å². The molecule has 0 aliphatic heterocycles. The second-order valence-electron chi connectivity index (χ2n) is 4.48. The van der Waals surface area contributed by atoms with Crippen molar-refractivity contribution in [1.29, 1.82) is 0 Å². The summed E-state index contributed by atoms with van der Waals surface area (Å²) in [5.41, 5.74) is 2.04. The molecule has 1 heterocycles. The highest BCUT2D eigenvalue weighted by Crippen LogP contribution is 2.16. The Labute approximate surface area is 126 Å². The maximum absolute atomic E-state index is 12.2. The van der Waals surface area contributed by atoms with Gasteiger partial charge in [-0.1, -0.05) is 0 Å². The monoisotopic (exact) mass is 295 g/mol. The average molecular weight is 295 g/mol. The van der Waals surface area contributed by atoms with Gasteiger partial charge in [0.25, 0.3) is 5.91 Å². The maximum atomic E-state index is 12.2. The van der Waals surface area contributed by atoms with Crippen LogP contribution in [0.3, 0.4) is 0 Å². The van der Waals surface area contributed by atoms with Crippen LogP contribution in [0.5, 0.6) is 5.75 Å². The Balaban J connectivity index is 1.71. The SMILES string of the molecule is COc1ccc(NC(=O)c2ccc(-n3cnnn3)cc2)cc1. The number of anilines is 1. The molecule has 1 aromatic heterocycles. The van der Waals surface area contributed by atoms with Gasteiger partial charge in [0, 0.05) is 11.3 Å². The Kier molecular flexibility index (Phi) is 3.78. The number of carbonyl (C=O) groups excluding carboxylic acids is 1. The summed E-state index contributed by atoms with van der Waals surface area (Å²) in [5, 5.41) is 13.7. The lowest BCUT2D eigenvalue weighted by Gasteiger charge is -2.07. The molecule has 0 atom stereocenters. The topological polar surface area (TPSA) is 81.9 Å². The van der Waals surface area contributed by atoms with Crippen molar-refractivity contribution in [1.82, 2.24) is 20.2 Å². The highest BCUT2D eigenvalue weighted by molar-refractivity contribution is 6.04. The highest BCUT2D eigenvalue weighted by Gasteiger charge is 2.07. The number of rotatable bonds is 4. The molecule has 3 aromatic rings. The third-order valence-corrected chi connectivity index (χ3v) is 3.09. The number of hydrogen-bond acceptors (Lipinski definition) is 5. The Morgan fingerprint density at radius 3 is 2.41 bits per heavy atom. The van der Waals surface area contributed by atoms with Gasteiger partial charge in [-0.2, -0.15) is 0 Å². The first kappa shape index (κ1) is 13.7. The third kappa shape index (κ3) is 2.93. The fraction of sp³-hybridized carbons (Fsp3) is 0.0667. The summed E-state index contributed by atoms with van der Waals surface area (Å²) in [6, 6.07) is 14.1. The molecule has 0 aliphatic rings. The van der Waals surface area contributed by atoms with Crippen LogP contribution in [0.25, 0.3) is 5.69 Å². The number of hydrogen-bond donors (Lipinski definition) is 1. The van der Waals surface area contributed by atoms with Crippen LogP contribution in [0.15, 0.2) is 54.9 Å². The minimum atomic E-state index is -0.187. The number of nitrogens with zero attached hydrogens (tertiary/aromatic N) is 4. The van der Waals surface area contributed by atoms with Gasteiger partial charge in [-0.15, -0.1) is 5.10 Å².